The Labute approximate surface area is 130 Å². The van der Waals surface area contributed by atoms with Crippen molar-refractivity contribution in [3.63, 3.8) is 0 Å². The van der Waals surface area contributed by atoms with Gasteiger partial charge >= 0.3 is 18.0 Å². The zero-order valence-electron chi connectivity index (χ0n) is 13.3. The highest BCUT2D eigenvalue weighted by molar-refractivity contribution is 5.87. The number of hydrogen-bond acceptors (Lipinski definition) is 6. The molecule has 1 atom stereocenters. The van der Waals surface area contributed by atoms with Crippen molar-refractivity contribution in [3.05, 3.63) is 24.3 Å². The maximum Gasteiger partial charge on any atom is 0.407 e. The van der Waals surface area contributed by atoms with Crippen LogP contribution in [0.5, 0.6) is 0 Å². The van der Waals surface area contributed by atoms with Crippen LogP contribution in [-0.4, -0.2) is 43.9 Å². The fourth-order valence-electron chi connectivity index (χ4n) is 1.13. The van der Waals surface area contributed by atoms with Gasteiger partial charge in [0.15, 0.2) is 0 Å². The molecule has 7 heteroatoms. The molecule has 0 aromatic carbocycles. The Kier molecular flexibility index (Phi) is 9.33. The van der Waals surface area contributed by atoms with Gasteiger partial charge in [-0.15, -0.1) is 0 Å². The number of amides is 1. The quantitative estimate of drug-likeness (QED) is 0.302. The van der Waals surface area contributed by atoms with Crippen LogP contribution in [0.3, 0.4) is 0 Å². The van der Waals surface area contributed by atoms with E-state index < -0.39 is 24.1 Å². The molecule has 0 heterocycles. The summed E-state index contributed by atoms with van der Waals surface area (Å²) in [5.74, 6) is -0.995. The second kappa shape index (κ2) is 10.4. The van der Waals surface area contributed by atoms with Gasteiger partial charge in [0, 0.05) is 17.7 Å². The van der Waals surface area contributed by atoms with E-state index in [-0.39, 0.29) is 18.8 Å². The second-order valence-electron chi connectivity index (χ2n) is 4.79. The zero-order valence-corrected chi connectivity index (χ0v) is 13.3. The molecule has 0 saturated heterocycles. The lowest BCUT2D eigenvalue weighted by Gasteiger charge is -2.14. The van der Waals surface area contributed by atoms with Crippen molar-refractivity contribution in [1.82, 2.24) is 5.32 Å². The predicted molar refractivity (Wildman–Crippen MR) is 80.1 cm³/mol. The number of carbonyl (C=O) groups is 3. The van der Waals surface area contributed by atoms with Crippen LogP contribution in [0.1, 0.15) is 27.2 Å². The number of alkyl carbamates (subject to hydrolysis) is 1. The molecule has 0 spiro atoms. The summed E-state index contributed by atoms with van der Waals surface area (Å²) in [4.78, 5) is 33.7. The van der Waals surface area contributed by atoms with Crippen molar-refractivity contribution in [2.75, 3.05) is 19.8 Å². The maximum absolute atomic E-state index is 11.4. The minimum atomic E-state index is -0.634. The van der Waals surface area contributed by atoms with E-state index >= 15 is 0 Å². The van der Waals surface area contributed by atoms with E-state index in [2.05, 4.69) is 18.5 Å². The fourth-order valence-corrected chi connectivity index (χ4v) is 1.13. The van der Waals surface area contributed by atoms with Crippen molar-refractivity contribution >= 4 is 18.0 Å². The molecule has 22 heavy (non-hydrogen) atoms. The molecular formula is C15H23NO6. The van der Waals surface area contributed by atoms with E-state index in [1.54, 1.807) is 13.8 Å². The number of esters is 2. The summed E-state index contributed by atoms with van der Waals surface area (Å²) in [5.41, 5.74) is 0.603. The Morgan fingerprint density at radius 1 is 1.05 bits per heavy atom. The molecule has 0 aliphatic carbocycles. The average Bonchev–Trinajstić information content (AvgIpc) is 2.43. The Morgan fingerprint density at radius 2 is 1.59 bits per heavy atom. The van der Waals surface area contributed by atoms with Crippen molar-refractivity contribution in [1.29, 1.82) is 0 Å². The van der Waals surface area contributed by atoms with Gasteiger partial charge < -0.3 is 19.5 Å². The molecule has 0 fully saturated rings. The lowest BCUT2D eigenvalue weighted by atomic mass is 10.3. The third-order valence-electron chi connectivity index (χ3n) is 2.28. The van der Waals surface area contributed by atoms with Crippen LogP contribution >= 0.6 is 0 Å². The second-order valence-corrected chi connectivity index (χ2v) is 4.79. The first-order chi connectivity index (χ1) is 10.2. The lowest BCUT2D eigenvalue weighted by molar-refractivity contribution is -0.141. The SMILES string of the molecule is C=C(C)C(=O)OCCCNC(=O)OC(C)COC(=O)C(=C)C. The molecule has 0 aliphatic heterocycles. The Balaban J connectivity index is 3.72. The van der Waals surface area contributed by atoms with Crippen molar-refractivity contribution < 1.29 is 28.6 Å². The summed E-state index contributed by atoms with van der Waals surface area (Å²) >= 11 is 0. The normalized spacial score (nSPS) is 11.0. The average molecular weight is 313 g/mol. The van der Waals surface area contributed by atoms with Gasteiger partial charge in [-0.1, -0.05) is 13.2 Å². The third kappa shape index (κ3) is 9.57. The molecule has 1 amide bonds. The molecule has 0 rings (SSSR count). The number of ether oxygens (including phenoxy) is 3. The van der Waals surface area contributed by atoms with Crippen LogP contribution in [-0.2, 0) is 23.8 Å². The van der Waals surface area contributed by atoms with E-state index in [1.165, 1.54) is 6.92 Å². The first kappa shape index (κ1) is 19.7. The van der Waals surface area contributed by atoms with Crippen molar-refractivity contribution in [2.45, 2.75) is 33.3 Å². The Morgan fingerprint density at radius 3 is 2.14 bits per heavy atom. The highest BCUT2D eigenvalue weighted by Crippen LogP contribution is 1.98. The van der Waals surface area contributed by atoms with Crippen LogP contribution in [0.2, 0.25) is 0 Å². The summed E-state index contributed by atoms with van der Waals surface area (Å²) in [6.07, 6.45) is -0.762. The predicted octanol–water partition coefficient (Wildman–Crippen LogP) is 1.73. The topological polar surface area (TPSA) is 90.9 Å². The first-order valence-electron chi connectivity index (χ1n) is 6.83. The van der Waals surface area contributed by atoms with Gasteiger partial charge in [0.25, 0.3) is 0 Å². The standard InChI is InChI=1S/C15H23NO6/c1-10(2)13(17)20-8-6-7-16-15(19)22-12(5)9-21-14(18)11(3)4/h12H,1,3,6-9H2,2,4-5H3,(H,16,19). The minimum Gasteiger partial charge on any atom is -0.462 e. The van der Waals surface area contributed by atoms with Crippen LogP contribution in [0.25, 0.3) is 0 Å². The zero-order chi connectivity index (χ0) is 17.1. The van der Waals surface area contributed by atoms with Crippen LogP contribution in [0.15, 0.2) is 24.3 Å². The molecular weight excluding hydrogens is 290 g/mol. The summed E-state index contributed by atoms with van der Waals surface area (Å²) in [6.45, 7) is 12.0. The largest absolute Gasteiger partial charge is 0.462 e. The van der Waals surface area contributed by atoms with Crippen molar-refractivity contribution in [3.8, 4) is 0 Å². The van der Waals surface area contributed by atoms with Gasteiger partial charge in [-0.2, -0.15) is 0 Å². The molecule has 1 unspecified atom stereocenters. The smallest absolute Gasteiger partial charge is 0.407 e. The molecule has 0 aliphatic rings. The summed E-state index contributed by atoms with van der Waals surface area (Å²) in [5, 5.41) is 2.49. The van der Waals surface area contributed by atoms with Gasteiger partial charge in [0.05, 0.1) is 6.61 Å². The molecule has 0 aromatic rings. The Hall–Kier alpha value is -2.31. The first-order valence-corrected chi connectivity index (χ1v) is 6.83. The van der Waals surface area contributed by atoms with Crippen LogP contribution in [0.4, 0.5) is 4.79 Å². The van der Waals surface area contributed by atoms with Gasteiger partial charge in [-0.3, -0.25) is 0 Å². The number of carbonyl (C=O) groups excluding carboxylic acids is 3. The van der Waals surface area contributed by atoms with E-state index in [4.69, 9.17) is 14.2 Å². The summed E-state index contributed by atoms with van der Waals surface area (Å²) < 4.78 is 14.7. The van der Waals surface area contributed by atoms with Crippen molar-refractivity contribution in [2.24, 2.45) is 0 Å². The van der Waals surface area contributed by atoms with Crippen LogP contribution < -0.4 is 5.32 Å². The summed E-state index contributed by atoms with van der Waals surface area (Å²) in [6, 6.07) is 0. The van der Waals surface area contributed by atoms with Gasteiger partial charge in [-0.25, -0.2) is 14.4 Å². The molecule has 0 saturated carbocycles. The monoisotopic (exact) mass is 313 g/mol. The number of hydrogen-bond donors (Lipinski definition) is 1. The maximum atomic E-state index is 11.4. The number of nitrogens with one attached hydrogen (secondary N) is 1. The highest BCUT2D eigenvalue weighted by atomic mass is 16.6. The molecule has 7 nitrogen and oxygen atoms in total. The van der Waals surface area contributed by atoms with Gasteiger partial charge in [0.2, 0.25) is 0 Å². The highest BCUT2D eigenvalue weighted by Gasteiger charge is 2.12. The van der Waals surface area contributed by atoms with Gasteiger partial charge in [-0.05, 0) is 27.2 Å². The van der Waals surface area contributed by atoms with Gasteiger partial charge in [0.1, 0.15) is 12.7 Å². The van der Waals surface area contributed by atoms with E-state index in [0.717, 1.165) is 0 Å². The molecule has 0 radical (unpaired) electrons. The fraction of sp³-hybridized carbons (Fsp3) is 0.533. The van der Waals surface area contributed by atoms with Crippen LogP contribution in [0, 0.1) is 0 Å². The lowest BCUT2D eigenvalue weighted by Crippen LogP contribution is -2.31. The van der Waals surface area contributed by atoms with E-state index in [0.29, 0.717) is 18.5 Å². The van der Waals surface area contributed by atoms with E-state index in [9.17, 15) is 14.4 Å². The number of rotatable bonds is 9. The molecule has 124 valence electrons. The Bertz CT molecular complexity index is 443. The van der Waals surface area contributed by atoms with E-state index in [1.807, 2.05) is 0 Å². The molecule has 0 bridgehead atoms. The summed E-state index contributed by atoms with van der Waals surface area (Å²) in [7, 11) is 0. The third-order valence-corrected chi connectivity index (χ3v) is 2.28. The molecule has 0 aromatic heterocycles. The molecule has 1 N–H and O–H groups in total. The minimum absolute atomic E-state index is 0.0463.